The molecular formula is C15H15BrN2O3. The van der Waals surface area contributed by atoms with Crippen LogP contribution in [0.5, 0.6) is 11.5 Å². The Kier molecular flexibility index (Phi) is 4.70. The van der Waals surface area contributed by atoms with E-state index >= 15 is 0 Å². The van der Waals surface area contributed by atoms with Crippen molar-refractivity contribution in [3.05, 3.63) is 46.4 Å². The quantitative estimate of drug-likeness (QED) is 0.829. The second kappa shape index (κ2) is 6.49. The second-order valence-electron chi connectivity index (χ2n) is 4.22. The number of nitrogens with one attached hydrogen (secondary N) is 1. The van der Waals surface area contributed by atoms with Gasteiger partial charge in [-0.3, -0.25) is 4.79 Å². The van der Waals surface area contributed by atoms with E-state index in [9.17, 15) is 4.79 Å². The van der Waals surface area contributed by atoms with Gasteiger partial charge in [0.25, 0.3) is 5.91 Å². The average Bonchev–Trinajstić information content (AvgIpc) is 2.47. The largest absolute Gasteiger partial charge is 0.495 e. The lowest BCUT2D eigenvalue weighted by Crippen LogP contribution is -2.15. The smallest absolute Gasteiger partial charge is 0.257 e. The van der Waals surface area contributed by atoms with Gasteiger partial charge in [0.2, 0.25) is 0 Å². The maximum Gasteiger partial charge on any atom is 0.257 e. The van der Waals surface area contributed by atoms with Crippen LogP contribution in [0.2, 0.25) is 0 Å². The first-order chi connectivity index (χ1) is 10.1. The Morgan fingerprint density at radius 1 is 1.14 bits per heavy atom. The van der Waals surface area contributed by atoms with Gasteiger partial charge in [-0.15, -0.1) is 0 Å². The number of hydrogen-bond donors (Lipinski definition) is 2. The van der Waals surface area contributed by atoms with Gasteiger partial charge in [-0.25, -0.2) is 0 Å². The molecule has 0 aliphatic rings. The Labute approximate surface area is 131 Å². The highest BCUT2D eigenvalue weighted by Gasteiger charge is 2.15. The van der Waals surface area contributed by atoms with E-state index in [-0.39, 0.29) is 5.91 Å². The van der Waals surface area contributed by atoms with Gasteiger partial charge >= 0.3 is 0 Å². The number of para-hydroxylation sites is 1. The van der Waals surface area contributed by atoms with Gasteiger partial charge in [-0.05, 0) is 30.3 Å². The molecule has 1 amide bonds. The molecule has 0 fully saturated rings. The minimum atomic E-state index is -0.331. The van der Waals surface area contributed by atoms with E-state index in [1.54, 1.807) is 37.4 Å². The van der Waals surface area contributed by atoms with Crippen LogP contribution >= 0.6 is 15.9 Å². The topological polar surface area (TPSA) is 73.6 Å². The molecule has 0 saturated carbocycles. The molecule has 6 heteroatoms. The molecule has 2 aromatic rings. The van der Waals surface area contributed by atoms with E-state index < -0.39 is 0 Å². The number of benzene rings is 2. The summed E-state index contributed by atoms with van der Waals surface area (Å²) in [7, 11) is 3.05. The molecular weight excluding hydrogens is 336 g/mol. The predicted molar refractivity (Wildman–Crippen MR) is 86.1 cm³/mol. The summed E-state index contributed by atoms with van der Waals surface area (Å²) in [4.78, 5) is 12.4. The van der Waals surface area contributed by atoms with Gasteiger partial charge < -0.3 is 20.5 Å². The Balaban J connectivity index is 2.32. The van der Waals surface area contributed by atoms with Crippen LogP contribution in [0.1, 0.15) is 10.4 Å². The fourth-order valence-electron chi connectivity index (χ4n) is 1.89. The Morgan fingerprint density at radius 3 is 2.52 bits per heavy atom. The van der Waals surface area contributed by atoms with Gasteiger partial charge in [-0.1, -0.05) is 22.0 Å². The Bertz CT molecular complexity index is 674. The molecule has 21 heavy (non-hydrogen) atoms. The standard InChI is InChI=1S/C15H15BrN2O3/c1-20-12-7-6-9(16)8-11(12)18-15(19)10-4-3-5-13(21-2)14(10)17/h3-8H,17H2,1-2H3,(H,18,19). The van der Waals surface area contributed by atoms with Gasteiger partial charge in [0.1, 0.15) is 11.5 Å². The van der Waals surface area contributed by atoms with Crippen molar-refractivity contribution in [2.75, 3.05) is 25.3 Å². The van der Waals surface area contributed by atoms with Crippen LogP contribution < -0.4 is 20.5 Å². The molecule has 0 aliphatic heterocycles. The molecule has 110 valence electrons. The first kappa shape index (κ1) is 15.2. The first-order valence-electron chi connectivity index (χ1n) is 6.14. The second-order valence-corrected chi connectivity index (χ2v) is 5.14. The highest BCUT2D eigenvalue weighted by atomic mass is 79.9. The van der Waals surface area contributed by atoms with Crippen LogP contribution in [-0.4, -0.2) is 20.1 Å². The molecule has 0 spiro atoms. The number of carbonyl (C=O) groups is 1. The number of amides is 1. The van der Waals surface area contributed by atoms with Crippen molar-refractivity contribution >= 4 is 33.2 Å². The van der Waals surface area contributed by atoms with Crippen molar-refractivity contribution in [3.63, 3.8) is 0 Å². The maximum absolute atomic E-state index is 12.4. The van der Waals surface area contributed by atoms with Crippen LogP contribution in [0, 0.1) is 0 Å². The summed E-state index contributed by atoms with van der Waals surface area (Å²) in [5.41, 5.74) is 7.12. The average molecular weight is 351 g/mol. The highest BCUT2D eigenvalue weighted by molar-refractivity contribution is 9.10. The van der Waals surface area contributed by atoms with Crippen molar-refractivity contribution in [1.82, 2.24) is 0 Å². The molecule has 0 atom stereocenters. The van der Waals surface area contributed by atoms with E-state index in [4.69, 9.17) is 15.2 Å². The zero-order chi connectivity index (χ0) is 15.4. The molecule has 0 heterocycles. The Morgan fingerprint density at radius 2 is 1.86 bits per heavy atom. The molecule has 5 nitrogen and oxygen atoms in total. The van der Waals surface area contributed by atoms with E-state index in [1.807, 2.05) is 6.07 Å². The highest BCUT2D eigenvalue weighted by Crippen LogP contribution is 2.30. The molecule has 0 aromatic heterocycles. The molecule has 0 unspecified atom stereocenters. The molecule has 0 radical (unpaired) electrons. The monoisotopic (exact) mass is 350 g/mol. The lowest BCUT2D eigenvalue weighted by molar-refractivity contribution is 0.102. The minimum Gasteiger partial charge on any atom is -0.495 e. The summed E-state index contributed by atoms with van der Waals surface area (Å²) in [5.74, 6) is 0.694. The van der Waals surface area contributed by atoms with Crippen LogP contribution in [0.25, 0.3) is 0 Å². The third kappa shape index (κ3) is 3.28. The van der Waals surface area contributed by atoms with Crippen molar-refractivity contribution < 1.29 is 14.3 Å². The van der Waals surface area contributed by atoms with Gasteiger partial charge in [0.15, 0.2) is 0 Å². The normalized spacial score (nSPS) is 10.0. The molecule has 0 saturated heterocycles. The third-order valence-electron chi connectivity index (χ3n) is 2.94. The van der Waals surface area contributed by atoms with E-state index in [0.717, 1.165) is 4.47 Å². The predicted octanol–water partition coefficient (Wildman–Crippen LogP) is 3.30. The third-order valence-corrected chi connectivity index (χ3v) is 3.43. The fraction of sp³-hybridized carbons (Fsp3) is 0.133. The van der Waals surface area contributed by atoms with Gasteiger partial charge in [-0.2, -0.15) is 0 Å². The van der Waals surface area contributed by atoms with Crippen LogP contribution in [0.15, 0.2) is 40.9 Å². The van der Waals surface area contributed by atoms with Crippen LogP contribution in [-0.2, 0) is 0 Å². The SMILES string of the molecule is COc1ccc(Br)cc1NC(=O)c1cccc(OC)c1N. The summed E-state index contributed by atoms with van der Waals surface area (Å²) >= 11 is 3.36. The molecule has 2 aromatic carbocycles. The maximum atomic E-state index is 12.4. The summed E-state index contributed by atoms with van der Waals surface area (Å²) in [5, 5.41) is 2.78. The fourth-order valence-corrected chi connectivity index (χ4v) is 2.25. The van der Waals surface area contributed by atoms with Crippen molar-refractivity contribution in [3.8, 4) is 11.5 Å². The summed E-state index contributed by atoms with van der Waals surface area (Å²) in [6, 6.07) is 10.4. The lowest BCUT2D eigenvalue weighted by atomic mass is 10.1. The van der Waals surface area contributed by atoms with E-state index in [2.05, 4.69) is 21.2 Å². The summed E-state index contributed by atoms with van der Waals surface area (Å²) < 4.78 is 11.2. The number of nitrogen functional groups attached to an aromatic ring is 1. The minimum absolute atomic E-state index is 0.298. The van der Waals surface area contributed by atoms with Crippen LogP contribution in [0.4, 0.5) is 11.4 Å². The zero-order valence-electron chi connectivity index (χ0n) is 11.6. The number of anilines is 2. The number of halogens is 1. The van der Waals surface area contributed by atoms with Crippen molar-refractivity contribution in [2.45, 2.75) is 0 Å². The van der Waals surface area contributed by atoms with Crippen molar-refractivity contribution in [1.29, 1.82) is 0 Å². The summed E-state index contributed by atoms with van der Waals surface area (Å²) in [6.45, 7) is 0. The first-order valence-corrected chi connectivity index (χ1v) is 6.93. The van der Waals surface area contributed by atoms with Crippen LogP contribution in [0.3, 0.4) is 0 Å². The van der Waals surface area contributed by atoms with Crippen molar-refractivity contribution in [2.24, 2.45) is 0 Å². The molecule has 2 rings (SSSR count). The van der Waals surface area contributed by atoms with E-state index in [1.165, 1.54) is 7.11 Å². The van der Waals surface area contributed by atoms with Gasteiger partial charge in [0.05, 0.1) is 31.2 Å². The lowest BCUT2D eigenvalue weighted by Gasteiger charge is -2.13. The summed E-state index contributed by atoms with van der Waals surface area (Å²) in [6.07, 6.45) is 0. The number of methoxy groups -OCH3 is 2. The van der Waals surface area contributed by atoms with E-state index in [0.29, 0.717) is 28.4 Å². The molecule has 3 N–H and O–H groups in total. The number of carbonyl (C=O) groups excluding carboxylic acids is 1. The number of nitrogens with two attached hydrogens (primary N) is 1. The molecule has 0 aliphatic carbocycles. The van der Waals surface area contributed by atoms with Gasteiger partial charge in [0, 0.05) is 4.47 Å². The number of hydrogen-bond acceptors (Lipinski definition) is 4. The number of rotatable bonds is 4. The zero-order valence-corrected chi connectivity index (χ0v) is 13.2. The number of ether oxygens (including phenoxy) is 2. The Hall–Kier alpha value is -2.21. The molecule has 0 bridgehead atoms.